The SMILES string of the molecule is CC(NC(=O)c1nonc1N)C1CCCCC1. The normalized spacial score (nSPS) is 18.9. The molecule has 2 rings (SSSR count). The molecule has 6 heteroatoms. The predicted molar refractivity (Wildman–Crippen MR) is 62.2 cm³/mol. The van der Waals surface area contributed by atoms with Gasteiger partial charge in [-0.05, 0) is 36.0 Å². The number of nitrogens with zero attached hydrogens (tertiary/aromatic N) is 2. The lowest BCUT2D eigenvalue weighted by Crippen LogP contribution is -2.39. The van der Waals surface area contributed by atoms with E-state index in [1.807, 2.05) is 6.92 Å². The van der Waals surface area contributed by atoms with E-state index in [0.717, 1.165) is 0 Å². The predicted octanol–water partition coefficient (Wildman–Crippen LogP) is 1.35. The van der Waals surface area contributed by atoms with E-state index < -0.39 is 0 Å². The van der Waals surface area contributed by atoms with Crippen LogP contribution >= 0.6 is 0 Å². The highest BCUT2D eigenvalue weighted by Gasteiger charge is 2.24. The summed E-state index contributed by atoms with van der Waals surface area (Å²) in [6.45, 7) is 2.03. The molecular formula is C11H18N4O2. The third-order valence-corrected chi connectivity index (χ3v) is 3.44. The molecule has 1 aliphatic rings. The number of amides is 1. The van der Waals surface area contributed by atoms with Gasteiger partial charge in [-0.2, -0.15) is 0 Å². The minimum absolute atomic E-state index is 0.0401. The second-order valence-electron chi connectivity index (χ2n) is 4.66. The summed E-state index contributed by atoms with van der Waals surface area (Å²) in [5, 5.41) is 9.79. The standard InChI is InChI=1S/C11H18N4O2/c1-7(8-5-3-2-4-6-8)13-11(16)9-10(12)15-17-14-9/h7-8H,2-6H2,1H3,(H2,12,15)(H,13,16). The largest absolute Gasteiger partial charge is 0.379 e. The number of nitrogens with two attached hydrogens (primary N) is 1. The van der Waals surface area contributed by atoms with Crippen molar-refractivity contribution < 1.29 is 9.42 Å². The van der Waals surface area contributed by atoms with Gasteiger partial charge in [0, 0.05) is 6.04 Å². The molecule has 0 radical (unpaired) electrons. The lowest BCUT2D eigenvalue weighted by Gasteiger charge is -2.27. The van der Waals surface area contributed by atoms with E-state index in [2.05, 4.69) is 20.3 Å². The van der Waals surface area contributed by atoms with Gasteiger partial charge in [0.25, 0.3) is 5.91 Å². The Bertz CT molecular complexity index is 385. The maximum Gasteiger partial charge on any atom is 0.277 e. The molecule has 0 spiro atoms. The topological polar surface area (TPSA) is 94.0 Å². The van der Waals surface area contributed by atoms with Crippen molar-refractivity contribution in [2.75, 3.05) is 5.73 Å². The summed E-state index contributed by atoms with van der Waals surface area (Å²) in [7, 11) is 0. The maximum absolute atomic E-state index is 11.8. The third-order valence-electron chi connectivity index (χ3n) is 3.44. The maximum atomic E-state index is 11.8. The molecule has 94 valence electrons. The lowest BCUT2D eigenvalue weighted by molar-refractivity contribution is 0.0910. The summed E-state index contributed by atoms with van der Waals surface area (Å²) in [5.41, 5.74) is 5.54. The van der Waals surface area contributed by atoms with Crippen LogP contribution in [0, 0.1) is 5.92 Å². The highest BCUT2D eigenvalue weighted by Crippen LogP contribution is 2.26. The Labute approximate surface area is 99.9 Å². The van der Waals surface area contributed by atoms with Gasteiger partial charge in [0.1, 0.15) is 0 Å². The Kier molecular flexibility index (Phi) is 3.61. The van der Waals surface area contributed by atoms with Crippen molar-refractivity contribution in [2.24, 2.45) is 5.92 Å². The van der Waals surface area contributed by atoms with Gasteiger partial charge in [-0.3, -0.25) is 4.79 Å². The number of carbonyl (C=O) groups excluding carboxylic acids is 1. The number of nitrogens with one attached hydrogen (secondary N) is 1. The number of nitrogen functional groups attached to an aromatic ring is 1. The van der Waals surface area contributed by atoms with E-state index in [4.69, 9.17) is 5.73 Å². The smallest absolute Gasteiger partial charge is 0.277 e. The minimum Gasteiger partial charge on any atom is -0.379 e. The van der Waals surface area contributed by atoms with Crippen molar-refractivity contribution in [3.8, 4) is 0 Å². The van der Waals surface area contributed by atoms with Crippen LogP contribution in [-0.2, 0) is 0 Å². The summed E-state index contributed by atoms with van der Waals surface area (Å²) in [4.78, 5) is 11.8. The quantitative estimate of drug-likeness (QED) is 0.829. The summed E-state index contributed by atoms with van der Waals surface area (Å²) in [5.74, 6) is 0.286. The van der Waals surface area contributed by atoms with Crippen LogP contribution in [0.25, 0.3) is 0 Å². The molecule has 1 fully saturated rings. The monoisotopic (exact) mass is 238 g/mol. The van der Waals surface area contributed by atoms with E-state index in [1.165, 1.54) is 32.1 Å². The molecule has 1 aromatic heterocycles. The average Bonchev–Trinajstić information content (AvgIpc) is 2.76. The van der Waals surface area contributed by atoms with E-state index in [0.29, 0.717) is 5.92 Å². The van der Waals surface area contributed by atoms with Crippen molar-refractivity contribution in [1.29, 1.82) is 0 Å². The first-order valence-corrected chi connectivity index (χ1v) is 6.07. The van der Waals surface area contributed by atoms with E-state index in [-0.39, 0.29) is 23.5 Å². The van der Waals surface area contributed by atoms with E-state index in [9.17, 15) is 4.79 Å². The Balaban J connectivity index is 1.92. The first-order valence-electron chi connectivity index (χ1n) is 6.07. The molecule has 1 heterocycles. The summed E-state index contributed by atoms with van der Waals surface area (Å²) in [6, 6.07) is 0.138. The lowest BCUT2D eigenvalue weighted by atomic mass is 9.84. The van der Waals surface area contributed by atoms with Gasteiger partial charge in [0.05, 0.1) is 0 Å². The van der Waals surface area contributed by atoms with Gasteiger partial charge in [-0.25, -0.2) is 4.63 Å². The van der Waals surface area contributed by atoms with Crippen LogP contribution < -0.4 is 11.1 Å². The molecule has 0 aliphatic heterocycles. The second kappa shape index (κ2) is 5.16. The molecule has 17 heavy (non-hydrogen) atoms. The van der Waals surface area contributed by atoms with Crippen LogP contribution in [0.1, 0.15) is 49.5 Å². The van der Waals surface area contributed by atoms with Gasteiger partial charge in [0.2, 0.25) is 11.5 Å². The zero-order valence-corrected chi connectivity index (χ0v) is 9.98. The fourth-order valence-electron chi connectivity index (χ4n) is 2.38. The summed E-state index contributed by atoms with van der Waals surface area (Å²) in [6.07, 6.45) is 6.15. The molecule has 0 aromatic carbocycles. The van der Waals surface area contributed by atoms with Crippen molar-refractivity contribution >= 4 is 11.7 Å². The van der Waals surface area contributed by atoms with E-state index >= 15 is 0 Å². The fraction of sp³-hybridized carbons (Fsp3) is 0.727. The van der Waals surface area contributed by atoms with Gasteiger partial charge >= 0.3 is 0 Å². The molecule has 0 saturated heterocycles. The molecule has 0 bridgehead atoms. The van der Waals surface area contributed by atoms with Crippen molar-refractivity contribution in [1.82, 2.24) is 15.6 Å². The van der Waals surface area contributed by atoms with Gasteiger partial charge in [0.15, 0.2) is 0 Å². The second-order valence-corrected chi connectivity index (χ2v) is 4.66. The molecule has 3 N–H and O–H groups in total. The molecule has 1 saturated carbocycles. The zero-order valence-electron chi connectivity index (χ0n) is 9.98. The molecule has 1 atom stereocenters. The minimum atomic E-state index is -0.304. The fourth-order valence-corrected chi connectivity index (χ4v) is 2.38. The number of hydrogen-bond acceptors (Lipinski definition) is 5. The number of carbonyl (C=O) groups is 1. The number of anilines is 1. The first kappa shape index (κ1) is 11.9. The van der Waals surface area contributed by atoms with Crippen LogP contribution in [0.15, 0.2) is 4.63 Å². The van der Waals surface area contributed by atoms with Crippen molar-refractivity contribution in [3.05, 3.63) is 5.69 Å². The van der Waals surface area contributed by atoms with Crippen molar-refractivity contribution in [2.45, 2.75) is 45.1 Å². The number of aromatic nitrogens is 2. The van der Waals surface area contributed by atoms with Crippen molar-refractivity contribution in [3.63, 3.8) is 0 Å². The average molecular weight is 238 g/mol. The van der Waals surface area contributed by atoms with E-state index in [1.54, 1.807) is 0 Å². The highest BCUT2D eigenvalue weighted by molar-refractivity contribution is 5.96. The Morgan fingerprint density at radius 2 is 2.12 bits per heavy atom. The molecule has 6 nitrogen and oxygen atoms in total. The van der Waals surface area contributed by atoms with Crippen LogP contribution in [0.5, 0.6) is 0 Å². The molecule has 1 amide bonds. The third kappa shape index (κ3) is 2.75. The Morgan fingerprint density at radius 3 is 2.71 bits per heavy atom. The number of hydrogen-bond donors (Lipinski definition) is 2. The molecular weight excluding hydrogens is 220 g/mol. The summed E-state index contributed by atoms with van der Waals surface area (Å²) >= 11 is 0. The summed E-state index contributed by atoms with van der Waals surface area (Å²) < 4.78 is 4.41. The van der Waals surface area contributed by atoms with Gasteiger partial charge < -0.3 is 11.1 Å². The Hall–Kier alpha value is -1.59. The molecule has 1 unspecified atom stereocenters. The van der Waals surface area contributed by atoms with Crippen LogP contribution in [0.3, 0.4) is 0 Å². The van der Waals surface area contributed by atoms with Gasteiger partial charge in [-0.15, -0.1) is 0 Å². The van der Waals surface area contributed by atoms with Crippen LogP contribution in [-0.4, -0.2) is 22.3 Å². The van der Waals surface area contributed by atoms with Gasteiger partial charge in [-0.1, -0.05) is 19.3 Å². The first-order chi connectivity index (χ1) is 8.18. The highest BCUT2D eigenvalue weighted by atomic mass is 16.6. The molecule has 1 aliphatic carbocycles. The van der Waals surface area contributed by atoms with Crippen LogP contribution in [0.4, 0.5) is 5.82 Å². The molecule has 1 aromatic rings. The zero-order chi connectivity index (χ0) is 12.3. The van der Waals surface area contributed by atoms with Crippen LogP contribution in [0.2, 0.25) is 0 Å². The number of rotatable bonds is 3. The Morgan fingerprint density at radius 1 is 1.41 bits per heavy atom.